The molecule has 21 heavy (non-hydrogen) atoms. The lowest BCUT2D eigenvalue weighted by Gasteiger charge is -2.09. The van der Waals surface area contributed by atoms with Crippen LogP contribution in [0.5, 0.6) is 5.75 Å². The zero-order valence-electron chi connectivity index (χ0n) is 11.8. The molecule has 0 aliphatic heterocycles. The third kappa shape index (κ3) is 4.80. The topological polar surface area (TPSA) is 35.5 Å². The van der Waals surface area contributed by atoms with Crippen LogP contribution in [0.2, 0.25) is 5.02 Å². The minimum absolute atomic E-state index is 0.221. The van der Waals surface area contributed by atoms with Crippen LogP contribution < -0.4 is 4.74 Å². The number of hydrogen-bond donors (Lipinski definition) is 0. The molecular weight excluding hydrogens is 288 g/mol. The van der Waals surface area contributed by atoms with E-state index in [9.17, 15) is 4.79 Å². The van der Waals surface area contributed by atoms with E-state index in [0.717, 1.165) is 16.9 Å². The number of hydrogen-bond acceptors (Lipinski definition) is 3. The number of methoxy groups -OCH3 is 1. The van der Waals surface area contributed by atoms with Crippen molar-refractivity contribution < 1.29 is 14.3 Å². The van der Waals surface area contributed by atoms with Crippen LogP contribution >= 0.6 is 11.6 Å². The molecule has 0 saturated heterocycles. The predicted octanol–water partition coefficient (Wildman–Crippen LogP) is 4.02. The first-order chi connectivity index (χ1) is 10.2. The molecule has 0 bridgehead atoms. The highest BCUT2D eigenvalue weighted by Gasteiger charge is 2.07. The zero-order chi connectivity index (χ0) is 15.1. The lowest BCUT2D eigenvalue weighted by Crippen LogP contribution is -2.06. The van der Waals surface area contributed by atoms with Crippen molar-refractivity contribution in [2.75, 3.05) is 7.11 Å². The molecule has 0 saturated carbocycles. The number of benzene rings is 2. The minimum Gasteiger partial charge on any atom is -0.496 e. The maximum absolute atomic E-state index is 11.8. The van der Waals surface area contributed by atoms with Crippen molar-refractivity contribution in [3.05, 3.63) is 64.7 Å². The molecular formula is C17H17ClO3. The van der Waals surface area contributed by atoms with Gasteiger partial charge in [-0.3, -0.25) is 4.79 Å². The van der Waals surface area contributed by atoms with Crippen molar-refractivity contribution in [1.29, 1.82) is 0 Å². The first-order valence-electron chi connectivity index (χ1n) is 6.71. The van der Waals surface area contributed by atoms with E-state index in [2.05, 4.69) is 0 Å². The molecule has 0 unspecified atom stereocenters. The molecule has 2 aromatic rings. The minimum atomic E-state index is -0.235. The van der Waals surface area contributed by atoms with Gasteiger partial charge in [-0.25, -0.2) is 0 Å². The molecule has 2 rings (SSSR count). The van der Waals surface area contributed by atoms with Crippen molar-refractivity contribution in [3.63, 3.8) is 0 Å². The van der Waals surface area contributed by atoms with E-state index in [4.69, 9.17) is 21.1 Å². The standard InChI is InChI=1S/C17H17ClO3/c1-20-16-8-3-2-6-14(16)12-21-17(19)10-9-13-5-4-7-15(18)11-13/h2-8,11H,9-10,12H2,1H3. The van der Waals surface area contributed by atoms with E-state index in [1.165, 1.54) is 0 Å². The van der Waals surface area contributed by atoms with Crippen LogP contribution in [0.4, 0.5) is 0 Å². The van der Waals surface area contributed by atoms with Crippen LogP contribution in [0.25, 0.3) is 0 Å². The van der Waals surface area contributed by atoms with Crippen molar-refractivity contribution in [2.45, 2.75) is 19.4 Å². The molecule has 3 nitrogen and oxygen atoms in total. The summed E-state index contributed by atoms with van der Waals surface area (Å²) in [7, 11) is 1.60. The Morgan fingerprint density at radius 2 is 1.95 bits per heavy atom. The van der Waals surface area contributed by atoms with E-state index >= 15 is 0 Å². The Balaban J connectivity index is 1.82. The van der Waals surface area contributed by atoms with Gasteiger partial charge < -0.3 is 9.47 Å². The van der Waals surface area contributed by atoms with Crippen molar-refractivity contribution in [2.24, 2.45) is 0 Å². The summed E-state index contributed by atoms with van der Waals surface area (Å²) in [6, 6.07) is 15.0. The van der Waals surface area contributed by atoms with Gasteiger partial charge in [0.1, 0.15) is 12.4 Å². The van der Waals surface area contributed by atoms with Crippen molar-refractivity contribution >= 4 is 17.6 Å². The number of para-hydroxylation sites is 1. The molecule has 0 heterocycles. The van der Waals surface area contributed by atoms with Crippen LogP contribution in [0.1, 0.15) is 17.5 Å². The van der Waals surface area contributed by atoms with Gasteiger partial charge in [-0.05, 0) is 30.2 Å². The molecule has 0 aliphatic rings. The molecule has 0 aromatic heterocycles. The summed E-state index contributed by atoms with van der Waals surface area (Å²) in [5.74, 6) is 0.487. The third-order valence-corrected chi connectivity index (χ3v) is 3.32. The summed E-state index contributed by atoms with van der Waals surface area (Å²) in [4.78, 5) is 11.8. The van der Waals surface area contributed by atoms with Crippen LogP contribution in [-0.2, 0) is 22.6 Å². The van der Waals surface area contributed by atoms with E-state index in [1.54, 1.807) is 7.11 Å². The molecule has 0 radical (unpaired) electrons. The van der Waals surface area contributed by atoms with Crippen LogP contribution in [-0.4, -0.2) is 13.1 Å². The van der Waals surface area contributed by atoms with E-state index in [1.807, 2.05) is 48.5 Å². The molecule has 0 spiro atoms. The molecule has 0 aliphatic carbocycles. The number of rotatable bonds is 6. The second kappa shape index (κ2) is 7.70. The summed E-state index contributed by atoms with van der Waals surface area (Å²) in [6.07, 6.45) is 0.945. The molecule has 0 atom stereocenters. The SMILES string of the molecule is COc1ccccc1COC(=O)CCc1cccc(Cl)c1. The highest BCUT2D eigenvalue weighted by molar-refractivity contribution is 6.30. The second-order valence-corrected chi connectivity index (χ2v) is 5.04. The van der Waals surface area contributed by atoms with Gasteiger partial charge in [-0.2, -0.15) is 0 Å². The highest BCUT2D eigenvalue weighted by atomic mass is 35.5. The largest absolute Gasteiger partial charge is 0.496 e. The zero-order valence-corrected chi connectivity index (χ0v) is 12.6. The summed E-state index contributed by atoms with van der Waals surface area (Å²) >= 11 is 5.90. The van der Waals surface area contributed by atoms with Gasteiger partial charge >= 0.3 is 5.97 Å². The Labute approximate surface area is 129 Å². The molecule has 2 aromatic carbocycles. The highest BCUT2D eigenvalue weighted by Crippen LogP contribution is 2.18. The first kappa shape index (κ1) is 15.4. The molecule has 0 fully saturated rings. The Hall–Kier alpha value is -2.00. The Bertz CT molecular complexity index is 610. The molecule has 4 heteroatoms. The molecule has 110 valence electrons. The summed E-state index contributed by atoms with van der Waals surface area (Å²) in [5, 5.41) is 0.676. The number of carbonyl (C=O) groups excluding carboxylic acids is 1. The van der Waals surface area contributed by atoms with Crippen molar-refractivity contribution in [1.82, 2.24) is 0 Å². The predicted molar refractivity (Wildman–Crippen MR) is 82.6 cm³/mol. The lowest BCUT2D eigenvalue weighted by molar-refractivity contribution is -0.144. The third-order valence-electron chi connectivity index (χ3n) is 3.09. The van der Waals surface area contributed by atoms with Gasteiger partial charge in [0.2, 0.25) is 0 Å². The Morgan fingerprint density at radius 1 is 1.14 bits per heavy atom. The smallest absolute Gasteiger partial charge is 0.306 e. The fraction of sp³-hybridized carbons (Fsp3) is 0.235. The lowest BCUT2D eigenvalue weighted by atomic mass is 10.1. The average Bonchev–Trinajstić information content (AvgIpc) is 2.51. The van der Waals surface area contributed by atoms with Gasteiger partial charge in [0, 0.05) is 17.0 Å². The van der Waals surface area contributed by atoms with E-state index < -0.39 is 0 Å². The van der Waals surface area contributed by atoms with Crippen molar-refractivity contribution in [3.8, 4) is 5.75 Å². The normalized spacial score (nSPS) is 10.2. The Morgan fingerprint density at radius 3 is 2.71 bits per heavy atom. The second-order valence-electron chi connectivity index (χ2n) is 4.60. The number of carbonyl (C=O) groups is 1. The van der Waals surface area contributed by atoms with Gasteiger partial charge in [-0.15, -0.1) is 0 Å². The summed E-state index contributed by atoms with van der Waals surface area (Å²) < 4.78 is 10.5. The number of esters is 1. The van der Waals surface area contributed by atoms with Crippen LogP contribution in [0, 0.1) is 0 Å². The number of ether oxygens (including phenoxy) is 2. The maximum atomic E-state index is 11.8. The van der Waals surface area contributed by atoms with E-state index in [0.29, 0.717) is 17.9 Å². The fourth-order valence-corrected chi connectivity index (χ4v) is 2.20. The van der Waals surface area contributed by atoms with Gasteiger partial charge in [0.25, 0.3) is 0 Å². The number of halogens is 1. The number of aryl methyl sites for hydroxylation is 1. The van der Waals surface area contributed by atoms with Gasteiger partial charge in [0.15, 0.2) is 0 Å². The maximum Gasteiger partial charge on any atom is 0.306 e. The van der Waals surface area contributed by atoms with Gasteiger partial charge in [0.05, 0.1) is 7.11 Å². The molecule has 0 amide bonds. The van der Waals surface area contributed by atoms with Crippen LogP contribution in [0.15, 0.2) is 48.5 Å². The molecule has 0 N–H and O–H groups in total. The van der Waals surface area contributed by atoms with Gasteiger partial charge in [-0.1, -0.05) is 41.9 Å². The monoisotopic (exact) mass is 304 g/mol. The summed E-state index contributed by atoms with van der Waals surface area (Å²) in [6.45, 7) is 0.221. The van der Waals surface area contributed by atoms with E-state index in [-0.39, 0.29) is 12.6 Å². The Kier molecular flexibility index (Phi) is 5.64. The van der Waals surface area contributed by atoms with Crippen LogP contribution in [0.3, 0.4) is 0 Å². The fourth-order valence-electron chi connectivity index (χ4n) is 1.99. The quantitative estimate of drug-likeness (QED) is 0.756. The first-order valence-corrected chi connectivity index (χ1v) is 7.09. The summed E-state index contributed by atoms with van der Waals surface area (Å²) in [5.41, 5.74) is 1.88. The average molecular weight is 305 g/mol.